The van der Waals surface area contributed by atoms with Gasteiger partial charge in [-0.2, -0.15) is 0 Å². The first-order chi connectivity index (χ1) is 21.1. The number of carboxylic acids is 2. The highest BCUT2D eigenvalue weighted by Crippen LogP contribution is 2.39. The number of halogens is 1. The van der Waals surface area contributed by atoms with E-state index >= 15 is 0 Å². The van der Waals surface area contributed by atoms with Crippen molar-refractivity contribution < 1.29 is 25.3 Å². The molecule has 4 N–H and O–H groups in total. The van der Waals surface area contributed by atoms with Gasteiger partial charge < -0.3 is 15.7 Å². The maximum Gasteiger partial charge on any atom is 0.335 e. The van der Waals surface area contributed by atoms with Crippen LogP contribution in [-0.2, 0) is 22.4 Å². The first-order valence-corrected chi connectivity index (χ1v) is 15.8. The molecule has 0 radical (unpaired) electrons. The number of fused-ring (bicyclic) bond motifs is 6. The summed E-state index contributed by atoms with van der Waals surface area (Å²) in [7, 11) is 0. The van der Waals surface area contributed by atoms with Gasteiger partial charge in [-0.3, -0.25) is 4.79 Å². The Labute approximate surface area is 272 Å². The molecule has 5 aromatic rings. The van der Waals surface area contributed by atoms with E-state index in [1.807, 2.05) is 0 Å². The van der Waals surface area contributed by atoms with Crippen LogP contribution < -0.4 is 0 Å². The number of rotatable bonds is 2. The third-order valence-electron chi connectivity index (χ3n) is 8.73. The molecule has 1 atom stereocenters. The SMILES string of the molecule is Brc1ccc2ccccc2c1.CC1=C(C(=O)O)C=CC(C)(C)C1C(=O)O.O.c1ccc2c(c1)ccc1c3c(ccc12)CCCC3. The maximum atomic E-state index is 11.1. The summed E-state index contributed by atoms with van der Waals surface area (Å²) >= 11 is 3.43. The van der Waals surface area contributed by atoms with Crippen LogP contribution in [0, 0.1) is 11.3 Å². The molecule has 1 unspecified atom stereocenters. The Morgan fingerprint density at radius 1 is 0.756 bits per heavy atom. The van der Waals surface area contributed by atoms with E-state index in [9.17, 15) is 9.59 Å². The average molecular weight is 668 g/mol. The van der Waals surface area contributed by atoms with Crippen molar-refractivity contribution in [2.45, 2.75) is 46.5 Å². The van der Waals surface area contributed by atoms with Gasteiger partial charge in [-0.1, -0.05) is 121 Å². The van der Waals surface area contributed by atoms with E-state index in [0.29, 0.717) is 5.57 Å². The van der Waals surface area contributed by atoms with Gasteiger partial charge in [0.05, 0.1) is 11.5 Å². The third kappa shape index (κ3) is 7.35. The van der Waals surface area contributed by atoms with Gasteiger partial charge in [0.15, 0.2) is 0 Å². The van der Waals surface area contributed by atoms with Gasteiger partial charge >= 0.3 is 11.9 Å². The van der Waals surface area contributed by atoms with Crippen molar-refractivity contribution in [2.75, 3.05) is 0 Å². The molecule has 0 amide bonds. The van der Waals surface area contributed by atoms with E-state index in [1.54, 1.807) is 38.0 Å². The highest BCUT2D eigenvalue weighted by molar-refractivity contribution is 9.10. The fourth-order valence-corrected chi connectivity index (χ4v) is 6.86. The van der Waals surface area contributed by atoms with Crippen LogP contribution in [0.15, 0.2) is 119 Å². The summed E-state index contributed by atoms with van der Waals surface area (Å²) in [6, 6.07) is 32.6. The van der Waals surface area contributed by atoms with E-state index in [2.05, 4.69) is 107 Å². The molecule has 0 saturated heterocycles. The topological polar surface area (TPSA) is 106 Å². The molecule has 5 aromatic carbocycles. The van der Waals surface area contributed by atoms with Crippen molar-refractivity contribution in [3.63, 3.8) is 0 Å². The Hall–Kier alpha value is -4.26. The number of benzene rings is 5. The molecule has 2 aliphatic rings. The van der Waals surface area contributed by atoms with Crippen LogP contribution >= 0.6 is 15.9 Å². The predicted molar refractivity (Wildman–Crippen MR) is 188 cm³/mol. The number of aryl methyl sites for hydroxylation is 2. The number of carbonyl (C=O) groups is 2. The number of hydrogen-bond donors (Lipinski definition) is 2. The summed E-state index contributed by atoms with van der Waals surface area (Å²) in [6.45, 7) is 5.13. The van der Waals surface area contributed by atoms with Gasteiger partial charge in [-0.05, 0) is 99.2 Å². The van der Waals surface area contributed by atoms with Crippen molar-refractivity contribution in [2.24, 2.45) is 11.3 Å². The van der Waals surface area contributed by atoms with E-state index in [4.69, 9.17) is 10.2 Å². The summed E-state index contributed by atoms with van der Waals surface area (Å²) < 4.78 is 1.14. The van der Waals surface area contributed by atoms with Crippen molar-refractivity contribution in [1.29, 1.82) is 0 Å². The second-order valence-corrected chi connectivity index (χ2v) is 13.0. The lowest BCUT2D eigenvalue weighted by Crippen LogP contribution is -2.33. The van der Waals surface area contributed by atoms with E-state index in [-0.39, 0.29) is 11.0 Å². The summed E-state index contributed by atoms with van der Waals surface area (Å²) in [5.41, 5.74) is 3.12. The molecule has 0 aliphatic heterocycles. The molecule has 0 bridgehead atoms. The van der Waals surface area contributed by atoms with Gasteiger partial charge in [0.2, 0.25) is 0 Å². The molecule has 0 aromatic heterocycles. The lowest BCUT2D eigenvalue weighted by atomic mass is 9.70. The fraction of sp³-hybridized carbons (Fsp3) is 0.231. The normalized spacial score (nSPS) is 16.5. The first kappa shape index (κ1) is 33.6. The quantitative estimate of drug-likeness (QED) is 0.183. The van der Waals surface area contributed by atoms with Crippen LogP contribution in [-0.4, -0.2) is 27.6 Å². The minimum atomic E-state index is -1.08. The lowest BCUT2D eigenvalue weighted by molar-refractivity contribution is -0.143. The highest BCUT2D eigenvalue weighted by Gasteiger charge is 2.39. The van der Waals surface area contributed by atoms with Gasteiger partial charge in [-0.15, -0.1) is 0 Å². The van der Waals surface area contributed by atoms with Crippen LogP contribution in [0.2, 0.25) is 0 Å². The average Bonchev–Trinajstić information content (AvgIpc) is 3.00. The van der Waals surface area contributed by atoms with Crippen molar-refractivity contribution in [1.82, 2.24) is 0 Å². The molecule has 0 spiro atoms. The van der Waals surface area contributed by atoms with Crippen molar-refractivity contribution in [3.05, 3.63) is 130 Å². The zero-order chi connectivity index (χ0) is 31.4. The number of aliphatic carboxylic acids is 2. The molecule has 5 nitrogen and oxygen atoms in total. The molecule has 7 rings (SSSR count). The summed E-state index contributed by atoms with van der Waals surface area (Å²) in [5, 5.41) is 26.2. The van der Waals surface area contributed by atoms with Crippen molar-refractivity contribution in [3.8, 4) is 0 Å². The standard InChI is InChI=1S/C18H16.C11H14O4.C10H7Br.H2O/c1-3-7-15-13(5-1)9-11-18-16-8-4-2-6-14(16)10-12-17(15)18;1-6-7(9(12)13)4-5-11(2,3)8(6)10(14)15;11-10-6-5-8-3-1-2-4-9(8)7-10;/h1,3,5,7,9-12H,2,4,6,8H2;4-5,8H,1-3H3,(H,12,13)(H,14,15);1-7H;1H2. The Morgan fingerprint density at radius 2 is 1.38 bits per heavy atom. The number of hydrogen-bond acceptors (Lipinski definition) is 2. The Kier molecular flexibility index (Phi) is 10.6. The minimum absolute atomic E-state index is 0. The molecule has 6 heteroatoms. The number of allylic oxidation sites excluding steroid dienone is 1. The Morgan fingerprint density at radius 3 is 2.09 bits per heavy atom. The monoisotopic (exact) mass is 666 g/mol. The molecule has 232 valence electrons. The summed E-state index contributed by atoms with van der Waals surface area (Å²) in [4.78, 5) is 21.9. The largest absolute Gasteiger partial charge is 0.481 e. The van der Waals surface area contributed by atoms with Gasteiger partial charge in [0.25, 0.3) is 0 Å². The van der Waals surface area contributed by atoms with Gasteiger partial charge in [-0.25, -0.2) is 4.79 Å². The van der Waals surface area contributed by atoms with E-state index in [0.717, 1.165) is 4.47 Å². The minimum Gasteiger partial charge on any atom is -0.481 e. The Bertz CT molecular complexity index is 1940. The molecule has 2 aliphatic carbocycles. The predicted octanol–water partition coefficient (Wildman–Crippen LogP) is 9.33. The molecule has 0 heterocycles. The zero-order valence-corrected chi connectivity index (χ0v) is 27.4. The maximum absolute atomic E-state index is 11.1. The van der Waals surface area contributed by atoms with E-state index < -0.39 is 23.3 Å². The smallest absolute Gasteiger partial charge is 0.335 e. The summed E-state index contributed by atoms with van der Waals surface area (Å²) in [6.07, 6.45) is 8.34. The van der Waals surface area contributed by atoms with Gasteiger partial charge in [0.1, 0.15) is 0 Å². The van der Waals surface area contributed by atoms with Crippen molar-refractivity contribution >= 4 is 60.2 Å². The van der Waals surface area contributed by atoms with Gasteiger partial charge in [0, 0.05) is 4.47 Å². The Balaban J connectivity index is 0.000000157. The van der Waals surface area contributed by atoms with Crippen LogP contribution in [0.3, 0.4) is 0 Å². The summed E-state index contributed by atoms with van der Waals surface area (Å²) in [5.74, 6) is -2.83. The van der Waals surface area contributed by atoms with Crippen LogP contribution in [0.1, 0.15) is 44.7 Å². The van der Waals surface area contributed by atoms with Crippen LogP contribution in [0.4, 0.5) is 0 Å². The highest BCUT2D eigenvalue weighted by atomic mass is 79.9. The fourth-order valence-electron chi connectivity index (χ4n) is 6.49. The van der Waals surface area contributed by atoms with Crippen LogP contribution in [0.5, 0.6) is 0 Å². The molecular weight excluding hydrogens is 628 g/mol. The lowest BCUT2D eigenvalue weighted by Gasteiger charge is -2.32. The zero-order valence-electron chi connectivity index (χ0n) is 25.8. The molecule has 0 saturated carbocycles. The third-order valence-corrected chi connectivity index (χ3v) is 9.22. The second-order valence-electron chi connectivity index (χ2n) is 12.1. The number of carboxylic acid groups (broad SMARTS) is 2. The first-order valence-electron chi connectivity index (χ1n) is 15.0. The molecular formula is C39H39BrO5. The second kappa shape index (κ2) is 14.2. The molecule has 45 heavy (non-hydrogen) atoms. The van der Waals surface area contributed by atoms with E-state index in [1.165, 1.54) is 64.1 Å². The van der Waals surface area contributed by atoms with Crippen LogP contribution in [0.25, 0.3) is 32.3 Å². The molecule has 0 fully saturated rings.